The van der Waals surface area contributed by atoms with Crippen LogP contribution in [-0.4, -0.2) is 71.8 Å². The second-order valence-electron chi connectivity index (χ2n) is 10.7. The van der Waals surface area contributed by atoms with Crippen molar-refractivity contribution in [2.24, 2.45) is 5.92 Å². The van der Waals surface area contributed by atoms with Crippen LogP contribution < -0.4 is 0 Å². The first kappa shape index (κ1) is 28.7. The first-order valence-electron chi connectivity index (χ1n) is 13.2. The van der Waals surface area contributed by atoms with Gasteiger partial charge in [0.25, 0.3) is 5.91 Å². The molecule has 40 heavy (non-hydrogen) atoms. The van der Waals surface area contributed by atoms with Crippen LogP contribution in [0.15, 0.2) is 42.5 Å². The highest BCUT2D eigenvalue weighted by atomic mass is 35.5. The molecule has 5 rings (SSSR count). The Morgan fingerprint density at radius 2 is 1.32 bits per heavy atom. The summed E-state index contributed by atoms with van der Waals surface area (Å²) in [7, 11) is 0. The van der Waals surface area contributed by atoms with Crippen molar-refractivity contribution in [3.8, 4) is 0 Å². The molecule has 2 saturated heterocycles. The first-order valence-corrected chi connectivity index (χ1v) is 13.6. The second kappa shape index (κ2) is 10.9. The number of halogens is 7. The van der Waals surface area contributed by atoms with Crippen LogP contribution in [-0.2, 0) is 17.1 Å². The van der Waals surface area contributed by atoms with E-state index in [1.807, 2.05) is 17.0 Å². The summed E-state index contributed by atoms with van der Waals surface area (Å²) in [4.78, 5) is 31.4. The largest absolute Gasteiger partial charge is 0.416 e. The van der Waals surface area contributed by atoms with Gasteiger partial charge in [-0.1, -0.05) is 23.7 Å². The summed E-state index contributed by atoms with van der Waals surface area (Å²) in [6, 6.07) is 8.03. The molecule has 0 bridgehead atoms. The van der Waals surface area contributed by atoms with Crippen LogP contribution in [0.5, 0.6) is 0 Å². The number of nitrogens with zero attached hydrogens (tertiary/aromatic N) is 3. The zero-order valence-electron chi connectivity index (χ0n) is 21.4. The van der Waals surface area contributed by atoms with E-state index in [-0.39, 0.29) is 42.9 Å². The SMILES string of the molecule is O=C(c1cc(C(F)(F)F)cc(C(F)(F)F)c1)N1CCC(N2CCN(C(=O)C3CC3)CC2)C(c2ccc(Cl)cc2)C1. The highest BCUT2D eigenvalue weighted by Crippen LogP contribution is 2.38. The highest BCUT2D eigenvalue weighted by Gasteiger charge is 2.41. The molecule has 0 spiro atoms. The van der Waals surface area contributed by atoms with Gasteiger partial charge in [0.1, 0.15) is 0 Å². The summed E-state index contributed by atoms with van der Waals surface area (Å²) >= 11 is 6.08. The summed E-state index contributed by atoms with van der Waals surface area (Å²) in [5.41, 5.74) is -2.83. The molecule has 2 aliphatic heterocycles. The molecule has 2 unspecified atom stereocenters. The number of hydrogen-bond donors (Lipinski definition) is 0. The zero-order chi connectivity index (χ0) is 28.8. The Kier molecular flexibility index (Phi) is 7.82. The van der Waals surface area contributed by atoms with Crippen molar-refractivity contribution < 1.29 is 35.9 Å². The normalized spacial score (nSPS) is 22.9. The first-order chi connectivity index (χ1) is 18.8. The van der Waals surface area contributed by atoms with Crippen molar-refractivity contribution in [3.05, 3.63) is 69.7 Å². The van der Waals surface area contributed by atoms with Crippen molar-refractivity contribution in [2.45, 2.75) is 43.6 Å². The molecule has 216 valence electrons. The number of amides is 2. The molecule has 3 aliphatic rings. The third-order valence-corrected chi connectivity index (χ3v) is 8.27. The van der Waals surface area contributed by atoms with Crippen molar-refractivity contribution in [2.75, 3.05) is 39.3 Å². The minimum Gasteiger partial charge on any atom is -0.340 e. The van der Waals surface area contributed by atoms with Gasteiger partial charge in [0, 0.05) is 67.7 Å². The molecule has 12 heteroatoms. The van der Waals surface area contributed by atoms with Crippen LogP contribution in [0.2, 0.25) is 5.02 Å². The molecule has 0 aromatic heterocycles. The number of benzene rings is 2. The molecule has 1 saturated carbocycles. The molecule has 1 aliphatic carbocycles. The van der Waals surface area contributed by atoms with Gasteiger partial charge in [0.05, 0.1) is 11.1 Å². The minimum atomic E-state index is -5.04. The number of likely N-dealkylation sites (tertiary alicyclic amines) is 1. The topological polar surface area (TPSA) is 43.9 Å². The van der Waals surface area contributed by atoms with E-state index >= 15 is 0 Å². The number of carbonyl (C=O) groups is 2. The monoisotopic (exact) mass is 587 g/mol. The molecule has 0 N–H and O–H groups in total. The number of rotatable bonds is 4. The average molecular weight is 588 g/mol. The van der Waals surface area contributed by atoms with Crippen LogP contribution in [0.4, 0.5) is 26.3 Å². The van der Waals surface area contributed by atoms with Crippen molar-refractivity contribution in [1.82, 2.24) is 14.7 Å². The van der Waals surface area contributed by atoms with E-state index < -0.39 is 35.0 Å². The summed E-state index contributed by atoms with van der Waals surface area (Å²) in [5, 5.41) is 0.514. The zero-order valence-corrected chi connectivity index (χ0v) is 22.2. The number of carbonyl (C=O) groups excluding carboxylic acids is 2. The lowest BCUT2D eigenvalue weighted by Crippen LogP contribution is -2.57. The second-order valence-corrected chi connectivity index (χ2v) is 11.1. The van der Waals surface area contributed by atoms with Crippen molar-refractivity contribution >= 4 is 23.4 Å². The van der Waals surface area contributed by atoms with Gasteiger partial charge in [-0.05, 0) is 55.2 Å². The predicted octanol–water partition coefficient (Wildman–Crippen LogP) is 5.93. The molecule has 2 aromatic carbocycles. The van der Waals surface area contributed by atoms with Gasteiger partial charge in [-0.3, -0.25) is 14.5 Å². The van der Waals surface area contributed by atoms with E-state index in [2.05, 4.69) is 4.90 Å². The summed E-state index contributed by atoms with van der Waals surface area (Å²) in [6.45, 7) is 2.75. The van der Waals surface area contributed by atoms with E-state index in [9.17, 15) is 35.9 Å². The van der Waals surface area contributed by atoms with E-state index in [0.717, 1.165) is 18.4 Å². The van der Waals surface area contributed by atoms with Gasteiger partial charge in [0.15, 0.2) is 0 Å². The van der Waals surface area contributed by atoms with Crippen LogP contribution in [0.25, 0.3) is 0 Å². The molecule has 2 atom stereocenters. The quantitative estimate of drug-likeness (QED) is 0.417. The predicted molar refractivity (Wildman–Crippen MR) is 136 cm³/mol. The van der Waals surface area contributed by atoms with Crippen molar-refractivity contribution in [1.29, 1.82) is 0 Å². The molecular formula is C28H28ClF6N3O2. The minimum absolute atomic E-state index is 0.0210. The Balaban J connectivity index is 1.38. The third kappa shape index (κ3) is 6.25. The highest BCUT2D eigenvalue weighted by molar-refractivity contribution is 6.30. The molecular weight excluding hydrogens is 560 g/mol. The Morgan fingerprint density at radius 1 is 0.750 bits per heavy atom. The van der Waals surface area contributed by atoms with Crippen LogP contribution in [0.1, 0.15) is 52.2 Å². The third-order valence-electron chi connectivity index (χ3n) is 8.02. The maximum absolute atomic E-state index is 13.4. The Morgan fingerprint density at radius 3 is 1.85 bits per heavy atom. The Bertz CT molecular complexity index is 1220. The number of alkyl halides is 6. The fourth-order valence-corrected chi connectivity index (χ4v) is 5.85. The number of piperidine rings is 1. The number of piperazine rings is 1. The molecule has 5 nitrogen and oxygen atoms in total. The molecule has 0 radical (unpaired) electrons. The number of hydrogen-bond acceptors (Lipinski definition) is 3. The Hall–Kier alpha value is -2.79. The van der Waals surface area contributed by atoms with E-state index in [4.69, 9.17) is 11.6 Å². The van der Waals surface area contributed by atoms with E-state index in [1.165, 1.54) is 4.90 Å². The smallest absolute Gasteiger partial charge is 0.340 e. The van der Waals surface area contributed by atoms with Gasteiger partial charge in [-0.15, -0.1) is 0 Å². The van der Waals surface area contributed by atoms with E-state index in [1.54, 1.807) is 12.1 Å². The lowest BCUT2D eigenvalue weighted by atomic mass is 9.84. The summed E-state index contributed by atoms with van der Waals surface area (Å²) < 4.78 is 80.4. The van der Waals surface area contributed by atoms with Crippen molar-refractivity contribution in [3.63, 3.8) is 0 Å². The lowest BCUT2D eigenvalue weighted by molar-refractivity contribution is -0.143. The lowest BCUT2D eigenvalue weighted by Gasteiger charge is -2.47. The molecule has 2 heterocycles. The van der Waals surface area contributed by atoms with Gasteiger partial charge in [-0.2, -0.15) is 26.3 Å². The van der Waals surface area contributed by atoms with Gasteiger partial charge < -0.3 is 9.80 Å². The van der Waals surface area contributed by atoms with Crippen LogP contribution >= 0.6 is 11.6 Å². The molecule has 3 fully saturated rings. The van der Waals surface area contributed by atoms with Gasteiger partial charge in [-0.25, -0.2) is 0 Å². The summed E-state index contributed by atoms with van der Waals surface area (Å²) in [5.74, 6) is -0.813. The van der Waals surface area contributed by atoms with E-state index in [0.29, 0.717) is 49.8 Å². The average Bonchev–Trinajstić information content (AvgIpc) is 3.77. The Labute approximate surface area is 232 Å². The van der Waals surface area contributed by atoms with Gasteiger partial charge in [0.2, 0.25) is 5.91 Å². The molecule has 2 aromatic rings. The standard InChI is InChI=1S/C28H28ClF6N3O2/c29-22-5-3-17(4-6-22)23-16-38(8-7-24(23)36-9-11-37(12-10-36)25(39)18-1-2-18)26(40)19-13-20(27(30,31)32)15-21(14-19)28(33,34)35/h3-6,13-15,18,23-24H,1-2,7-12,16H2. The maximum atomic E-state index is 13.4. The van der Waals surface area contributed by atoms with Crippen LogP contribution in [0.3, 0.4) is 0 Å². The fraction of sp³-hybridized carbons (Fsp3) is 0.500. The molecule has 2 amide bonds. The van der Waals surface area contributed by atoms with Gasteiger partial charge >= 0.3 is 12.4 Å². The maximum Gasteiger partial charge on any atom is 0.416 e. The fourth-order valence-electron chi connectivity index (χ4n) is 5.72. The van der Waals surface area contributed by atoms with Crippen LogP contribution in [0, 0.1) is 5.92 Å². The summed E-state index contributed by atoms with van der Waals surface area (Å²) in [6.07, 6.45) is -7.75.